The van der Waals surface area contributed by atoms with Gasteiger partial charge >= 0.3 is 0 Å². The fourth-order valence-electron chi connectivity index (χ4n) is 4.49. The summed E-state index contributed by atoms with van der Waals surface area (Å²) in [5.41, 5.74) is 1.98. The van der Waals surface area contributed by atoms with Crippen molar-refractivity contribution in [2.24, 2.45) is 5.92 Å². The Kier molecular flexibility index (Phi) is 5.31. The highest BCUT2D eigenvalue weighted by molar-refractivity contribution is 6.34. The van der Waals surface area contributed by atoms with E-state index in [2.05, 4.69) is 5.32 Å². The third kappa shape index (κ3) is 3.71. The van der Waals surface area contributed by atoms with E-state index in [4.69, 9.17) is 11.6 Å². The third-order valence-corrected chi connectivity index (χ3v) is 6.48. The van der Waals surface area contributed by atoms with Crippen molar-refractivity contribution < 1.29 is 14.4 Å². The van der Waals surface area contributed by atoms with E-state index in [1.54, 1.807) is 28.0 Å². The molecule has 32 heavy (non-hydrogen) atoms. The lowest BCUT2D eigenvalue weighted by Gasteiger charge is -2.20. The van der Waals surface area contributed by atoms with Crippen LogP contribution in [0, 0.1) is 5.92 Å². The molecule has 162 valence electrons. The van der Waals surface area contributed by atoms with Crippen LogP contribution in [0.25, 0.3) is 10.8 Å². The summed E-state index contributed by atoms with van der Waals surface area (Å²) >= 11 is 6.31. The van der Waals surface area contributed by atoms with Crippen LogP contribution in [0.15, 0.2) is 60.7 Å². The first-order valence-corrected chi connectivity index (χ1v) is 11.1. The lowest BCUT2D eigenvalue weighted by Crippen LogP contribution is -2.28. The SMILES string of the molecule is O=C(Nc1cc(N2CCCC2=O)ccc1Cl)C1CC(=O)N(c2cccc3ccccc23)C1. The van der Waals surface area contributed by atoms with Gasteiger partial charge in [0, 0.05) is 37.0 Å². The van der Waals surface area contributed by atoms with Crippen LogP contribution in [0.2, 0.25) is 5.02 Å². The molecule has 1 unspecified atom stereocenters. The molecule has 0 spiro atoms. The monoisotopic (exact) mass is 447 g/mol. The quantitative estimate of drug-likeness (QED) is 0.634. The number of nitrogens with one attached hydrogen (secondary N) is 1. The molecule has 0 saturated carbocycles. The van der Waals surface area contributed by atoms with Crippen molar-refractivity contribution in [3.05, 3.63) is 65.7 Å². The molecule has 7 heteroatoms. The number of carbonyl (C=O) groups excluding carboxylic acids is 3. The van der Waals surface area contributed by atoms with E-state index in [0.29, 0.717) is 35.9 Å². The summed E-state index contributed by atoms with van der Waals surface area (Å²) in [6.07, 6.45) is 1.48. The van der Waals surface area contributed by atoms with Crippen LogP contribution in [0.1, 0.15) is 19.3 Å². The second kappa shape index (κ2) is 8.28. The number of benzene rings is 3. The topological polar surface area (TPSA) is 69.7 Å². The Morgan fingerprint density at radius 3 is 2.59 bits per heavy atom. The highest BCUT2D eigenvalue weighted by Gasteiger charge is 2.36. The van der Waals surface area contributed by atoms with Crippen LogP contribution in [0.4, 0.5) is 17.1 Å². The van der Waals surface area contributed by atoms with Gasteiger partial charge in [-0.2, -0.15) is 0 Å². The van der Waals surface area contributed by atoms with Crippen molar-refractivity contribution in [3.8, 4) is 0 Å². The number of rotatable bonds is 4. The number of nitrogens with zero attached hydrogens (tertiary/aromatic N) is 2. The Morgan fingerprint density at radius 2 is 1.78 bits per heavy atom. The van der Waals surface area contributed by atoms with Crippen molar-refractivity contribution >= 4 is 57.2 Å². The van der Waals surface area contributed by atoms with Gasteiger partial charge in [-0.3, -0.25) is 14.4 Å². The molecule has 1 N–H and O–H groups in total. The third-order valence-electron chi connectivity index (χ3n) is 6.15. The zero-order valence-electron chi connectivity index (χ0n) is 17.4. The predicted octanol–water partition coefficient (Wildman–Crippen LogP) is 4.61. The van der Waals surface area contributed by atoms with Crippen molar-refractivity contribution in [3.63, 3.8) is 0 Å². The number of carbonyl (C=O) groups is 3. The minimum Gasteiger partial charge on any atom is -0.324 e. The fourth-order valence-corrected chi connectivity index (χ4v) is 4.66. The summed E-state index contributed by atoms with van der Waals surface area (Å²) in [4.78, 5) is 41.3. The van der Waals surface area contributed by atoms with Crippen LogP contribution in [0.3, 0.4) is 0 Å². The number of amides is 3. The summed E-state index contributed by atoms with van der Waals surface area (Å²) in [5, 5.41) is 5.29. The van der Waals surface area contributed by atoms with Crippen LogP contribution in [0.5, 0.6) is 0 Å². The molecule has 0 aliphatic carbocycles. The second-order valence-corrected chi connectivity index (χ2v) is 8.61. The van der Waals surface area contributed by atoms with Crippen molar-refractivity contribution in [1.29, 1.82) is 0 Å². The zero-order valence-corrected chi connectivity index (χ0v) is 18.1. The van der Waals surface area contributed by atoms with Crippen molar-refractivity contribution in [2.75, 3.05) is 28.2 Å². The van der Waals surface area contributed by atoms with Gasteiger partial charge in [-0.05, 0) is 36.1 Å². The molecule has 6 nitrogen and oxygen atoms in total. The summed E-state index contributed by atoms with van der Waals surface area (Å²) in [7, 11) is 0. The van der Waals surface area contributed by atoms with E-state index in [-0.39, 0.29) is 24.1 Å². The van der Waals surface area contributed by atoms with Crippen LogP contribution < -0.4 is 15.1 Å². The Morgan fingerprint density at radius 1 is 0.969 bits per heavy atom. The zero-order chi connectivity index (χ0) is 22.2. The summed E-state index contributed by atoms with van der Waals surface area (Å²) in [6.45, 7) is 0.964. The van der Waals surface area contributed by atoms with Gasteiger partial charge in [0.05, 0.1) is 22.3 Å². The molecule has 1 atom stereocenters. The molecule has 3 amide bonds. The maximum atomic E-state index is 13.0. The van der Waals surface area contributed by atoms with E-state index in [1.807, 2.05) is 42.5 Å². The molecule has 2 saturated heterocycles. The lowest BCUT2D eigenvalue weighted by atomic mass is 10.1. The van der Waals surface area contributed by atoms with E-state index in [1.165, 1.54) is 0 Å². The Labute approximate surface area is 190 Å². The van der Waals surface area contributed by atoms with Gasteiger partial charge in [0.25, 0.3) is 0 Å². The molecule has 2 heterocycles. The van der Waals surface area contributed by atoms with Crippen LogP contribution in [-0.2, 0) is 14.4 Å². The molecule has 3 aromatic rings. The summed E-state index contributed by atoms with van der Waals surface area (Å²) in [5.74, 6) is -0.761. The highest BCUT2D eigenvalue weighted by Crippen LogP contribution is 2.34. The second-order valence-electron chi connectivity index (χ2n) is 8.21. The van der Waals surface area contributed by atoms with Crippen LogP contribution in [-0.4, -0.2) is 30.8 Å². The average Bonchev–Trinajstić information content (AvgIpc) is 3.40. The number of hydrogen-bond donors (Lipinski definition) is 1. The molecule has 0 bridgehead atoms. The average molecular weight is 448 g/mol. The minimum absolute atomic E-state index is 0.0664. The molecule has 2 aliphatic heterocycles. The number of hydrogen-bond acceptors (Lipinski definition) is 3. The number of halogens is 1. The van der Waals surface area contributed by atoms with Gasteiger partial charge in [-0.15, -0.1) is 0 Å². The standard InChI is InChI=1S/C25H22ClN3O3/c26-20-11-10-18(28-12-4-9-23(28)30)14-21(20)27-25(32)17-13-24(31)29(15-17)22-8-3-6-16-5-1-2-7-19(16)22/h1-3,5-8,10-11,14,17H,4,9,12-13,15H2,(H,27,32). The molecule has 2 fully saturated rings. The first-order valence-electron chi connectivity index (χ1n) is 10.7. The van der Waals surface area contributed by atoms with Gasteiger partial charge in [0.15, 0.2) is 0 Å². The van der Waals surface area contributed by atoms with Crippen molar-refractivity contribution in [2.45, 2.75) is 19.3 Å². The normalized spacial score (nSPS) is 18.6. The first-order chi connectivity index (χ1) is 15.5. The predicted molar refractivity (Wildman–Crippen MR) is 126 cm³/mol. The van der Waals surface area contributed by atoms with E-state index in [9.17, 15) is 14.4 Å². The number of anilines is 3. The van der Waals surface area contributed by atoms with Gasteiger partial charge in [-0.25, -0.2) is 0 Å². The Balaban J connectivity index is 1.35. The lowest BCUT2D eigenvalue weighted by molar-refractivity contribution is -0.122. The molecule has 3 aromatic carbocycles. The van der Waals surface area contributed by atoms with Gasteiger partial charge in [-0.1, -0.05) is 48.0 Å². The largest absolute Gasteiger partial charge is 0.324 e. The van der Waals surface area contributed by atoms with E-state index < -0.39 is 5.92 Å². The van der Waals surface area contributed by atoms with Gasteiger partial charge in [0.2, 0.25) is 17.7 Å². The molecular formula is C25H22ClN3O3. The maximum absolute atomic E-state index is 13.0. The van der Waals surface area contributed by atoms with Crippen molar-refractivity contribution in [1.82, 2.24) is 0 Å². The number of fused-ring (bicyclic) bond motifs is 1. The smallest absolute Gasteiger partial charge is 0.229 e. The minimum atomic E-state index is -0.491. The highest BCUT2D eigenvalue weighted by atomic mass is 35.5. The van der Waals surface area contributed by atoms with Gasteiger partial charge in [0.1, 0.15) is 0 Å². The molecule has 5 rings (SSSR count). The fraction of sp³-hybridized carbons (Fsp3) is 0.240. The molecular weight excluding hydrogens is 426 g/mol. The molecule has 0 radical (unpaired) electrons. The maximum Gasteiger partial charge on any atom is 0.229 e. The van der Waals surface area contributed by atoms with E-state index >= 15 is 0 Å². The summed E-state index contributed by atoms with van der Waals surface area (Å²) < 4.78 is 0. The summed E-state index contributed by atoms with van der Waals surface area (Å²) in [6, 6.07) is 18.9. The molecule has 2 aliphatic rings. The molecule has 0 aromatic heterocycles. The van der Waals surface area contributed by atoms with E-state index in [0.717, 1.165) is 22.9 Å². The Hall–Kier alpha value is -3.38. The van der Waals surface area contributed by atoms with Gasteiger partial charge < -0.3 is 15.1 Å². The Bertz CT molecular complexity index is 1240. The van der Waals surface area contributed by atoms with Crippen LogP contribution >= 0.6 is 11.6 Å². The first kappa shape index (κ1) is 20.5.